The molecule has 0 heterocycles. The molecule has 4 nitrogen and oxygen atoms in total. The van der Waals surface area contributed by atoms with Crippen LogP contribution in [0.15, 0.2) is 48.5 Å². The SMILES string of the molecule is O=C(c1ccc(OCCO)cc1)c1ccccc1O. The standard InChI is InChI=1S/C15H14O4/c16-9-10-19-12-7-5-11(6-8-12)15(18)13-3-1-2-4-14(13)17/h1-8,16-17H,9-10H2. The van der Waals surface area contributed by atoms with Crippen LogP contribution in [0.5, 0.6) is 11.5 Å². The van der Waals surface area contributed by atoms with Crippen LogP contribution in [0.1, 0.15) is 15.9 Å². The molecular formula is C15H14O4. The number of aliphatic hydroxyl groups excluding tert-OH is 1. The van der Waals surface area contributed by atoms with Gasteiger partial charge in [-0.05, 0) is 36.4 Å². The molecule has 0 bridgehead atoms. The molecule has 0 aliphatic carbocycles. The van der Waals surface area contributed by atoms with Gasteiger partial charge in [-0.15, -0.1) is 0 Å². The van der Waals surface area contributed by atoms with Gasteiger partial charge in [-0.2, -0.15) is 0 Å². The van der Waals surface area contributed by atoms with Gasteiger partial charge >= 0.3 is 0 Å². The highest BCUT2D eigenvalue weighted by Gasteiger charge is 2.12. The van der Waals surface area contributed by atoms with Crippen molar-refractivity contribution in [1.82, 2.24) is 0 Å². The second kappa shape index (κ2) is 6.02. The average molecular weight is 258 g/mol. The Morgan fingerprint density at radius 3 is 2.37 bits per heavy atom. The zero-order valence-corrected chi connectivity index (χ0v) is 10.2. The number of phenolic OH excluding ortho intramolecular Hbond substituents is 1. The summed E-state index contributed by atoms with van der Waals surface area (Å²) in [6.07, 6.45) is 0. The smallest absolute Gasteiger partial charge is 0.196 e. The van der Waals surface area contributed by atoms with E-state index in [2.05, 4.69) is 0 Å². The van der Waals surface area contributed by atoms with E-state index in [1.807, 2.05) is 0 Å². The van der Waals surface area contributed by atoms with Gasteiger partial charge in [0.1, 0.15) is 18.1 Å². The highest BCUT2D eigenvalue weighted by molar-refractivity contribution is 6.10. The Morgan fingerprint density at radius 1 is 1.05 bits per heavy atom. The van der Waals surface area contributed by atoms with E-state index in [0.29, 0.717) is 11.3 Å². The Balaban J connectivity index is 2.18. The number of ketones is 1. The Kier molecular flexibility index (Phi) is 4.15. The number of carbonyl (C=O) groups is 1. The van der Waals surface area contributed by atoms with Crippen molar-refractivity contribution in [3.05, 3.63) is 59.7 Å². The monoisotopic (exact) mass is 258 g/mol. The molecule has 0 radical (unpaired) electrons. The van der Waals surface area contributed by atoms with E-state index < -0.39 is 0 Å². The molecule has 0 spiro atoms. The molecule has 0 unspecified atom stereocenters. The molecule has 0 aromatic heterocycles. The van der Waals surface area contributed by atoms with Gasteiger partial charge in [0.05, 0.1) is 12.2 Å². The minimum Gasteiger partial charge on any atom is -0.507 e. The summed E-state index contributed by atoms with van der Waals surface area (Å²) in [5.74, 6) is 0.308. The molecule has 0 atom stereocenters. The third-order valence-electron chi connectivity index (χ3n) is 2.63. The Morgan fingerprint density at radius 2 is 1.74 bits per heavy atom. The van der Waals surface area contributed by atoms with E-state index in [4.69, 9.17) is 9.84 Å². The first-order valence-corrected chi connectivity index (χ1v) is 5.89. The quantitative estimate of drug-likeness (QED) is 0.805. The van der Waals surface area contributed by atoms with Crippen LogP contribution >= 0.6 is 0 Å². The van der Waals surface area contributed by atoms with Gasteiger partial charge in [-0.25, -0.2) is 0 Å². The Bertz CT molecular complexity index is 561. The van der Waals surface area contributed by atoms with Crippen molar-refractivity contribution in [1.29, 1.82) is 0 Å². The lowest BCUT2D eigenvalue weighted by Gasteiger charge is -2.06. The van der Waals surface area contributed by atoms with Gasteiger partial charge in [0.2, 0.25) is 0 Å². The first-order chi connectivity index (χ1) is 9.22. The third-order valence-corrected chi connectivity index (χ3v) is 2.63. The number of rotatable bonds is 5. The molecule has 0 aliphatic heterocycles. The molecule has 4 heteroatoms. The lowest BCUT2D eigenvalue weighted by molar-refractivity contribution is 0.103. The van der Waals surface area contributed by atoms with E-state index in [0.717, 1.165) is 0 Å². The Hall–Kier alpha value is -2.33. The molecule has 98 valence electrons. The number of aromatic hydroxyl groups is 1. The number of carbonyl (C=O) groups excluding carboxylic acids is 1. The van der Waals surface area contributed by atoms with E-state index in [9.17, 15) is 9.90 Å². The highest BCUT2D eigenvalue weighted by atomic mass is 16.5. The van der Waals surface area contributed by atoms with Crippen molar-refractivity contribution in [3.63, 3.8) is 0 Å². The van der Waals surface area contributed by atoms with Gasteiger partial charge in [-0.1, -0.05) is 12.1 Å². The molecule has 2 aromatic carbocycles. The molecule has 0 saturated heterocycles. The van der Waals surface area contributed by atoms with Crippen molar-refractivity contribution >= 4 is 5.78 Å². The van der Waals surface area contributed by atoms with Crippen molar-refractivity contribution in [2.75, 3.05) is 13.2 Å². The van der Waals surface area contributed by atoms with Crippen LogP contribution in [-0.2, 0) is 0 Å². The fourth-order valence-corrected chi connectivity index (χ4v) is 1.69. The van der Waals surface area contributed by atoms with Crippen molar-refractivity contribution in [3.8, 4) is 11.5 Å². The highest BCUT2D eigenvalue weighted by Crippen LogP contribution is 2.21. The van der Waals surface area contributed by atoms with E-state index in [-0.39, 0.29) is 30.3 Å². The lowest BCUT2D eigenvalue weighted by atomic mass is 10.0. The second-order valence-electron chi connectivity index (χ2n) is 3.94. The van der Waals surface area contributed by atoms with Crippen LogP contribution in [0.3, 0.4) is 0 Å². The first kappa shape index (κ1) is 13.1. The number of hydrogen-bond acceptors (Lipinski definition) is 4. The summed E-state index contributed by atoms with van der Waals surface area (Å²) in [5, 5.41) is 18.3. The predicted octanol–water partition coefficient (Wildman–Crippen LogP) is 1.99. The number of phenols is 1. The molecule has 0 fully saturated rings. The van der Waals surface area contributed by atoms with Crippen LogP contribution in [0, 0.1) is 0 Å². The fourth-order valence-electron chi connectivity index (χ4n) is 1.69. The summed E-state index contributed by atoms with van der Waals surface area (Å²) in [4.78, 5) is 12.2. The normalized spacial score (nSPS) is 10.2. The summed E-state index contributed by atoms with van der Waals surface area (Å²) >= 11 is 0. The third kappa shape index (κ3) is 3.11. The van der Waals surface area contributed by atoms with Crippen LogP contribution in [-0.4, -0.2) is 29.2 Å². The largest absolute Gasteiger partial charge is 0.507 e. The van der Waals surface area contributed by atoms with Crippen molar-refractivity contribution in [2.45, 2.75) is 0 Å². The van der Waals surface area contributed by atoms with Crippen LogP contribution < -0.4 is 4.74 Å². The molecule has 2 N–H and O–H groups in total. The maximum Gasteiger partial charge on any atom is 0.196 e. The van der Waals surface area contributed by atoms with Gasteiger partial charge in [0.25, 0.3) is 0 Å². The number of aliphatic hydroxyl groups is 1. The van der Waals surface area contributed by atoms with Crippen LogP contribution in [0.4, 0.5) is 0 Å². The molecule has 0 aliphatic rings. The van der Waals surface area contributed by atoms with Gasteiger partial charge in [0, 0.05) is 5.56 Å². The Labute approximate surface area is 110 Å². The zero-order chi connectivity index (χ0) is 13.7. The number of hydrogen-bond donors (Lipinski definition) is 2. The molecule has 2 rings (SSSR count). The van der Waals surface area contributed by atoms with Crippen LogP contribution in [0.25, 0.3) is 0 Å². The summed E-state index contributed by atoms with van der Waals surface area (Å²) in [6, 6.07) is 13.0. The molecule has 0 amide bonds. The van der Waals surface area contributed by atoms with Gasteiger partial charge in [-0.3, -0.25) is 4.79 Å². The van der Waals surface area contributed by atoms with E-state index in [1.165, 1.54) is 6.07 Å². The molecule has 2 aromatic rings. The van der Waals surface area contributed by atoms with Crippen LogP contribution in [0.2, 0.25) is 0 Å². The average Bonchev–Trinajstić information content (AvgIpc) is 2.45. The molecular weight excluding hydrogens is 244 g/mol. The summed E-state index contributed by atoms with van der Waals surface area (Å²) in [5.41, 5.74) is 0.740. The zero-order valence-electron chi connectivity index (χ0n) is 10.2. The minimum atomic E-state index is -0.244. The van der Waals surface area contributed by atoms with Gasteiger partial charge in [0.15, 0.2) is 5.78 Å². The lowest BCUT2D eigenvalue weighted by Crippen LogP contribution is -2.03. The maximum atomic E-state index is 12.2. The summed E-state index contributed by atoms with van der Waals surface area (Å²) < 4.78 is 5.21. The number of ether oxygens (including phenoxy) is 1. The van der Waals surface area contributed by atoms with E-state index in [1.54, 1.807) is 42.5 Å². The van der Waals surface area contributed by atoms with Gasteiger partial charge < -0.3 is 14.9 Å². The minimum absolute atomic E-state index is 0.0342. The number of para-hydroxylation sites is 1. The fraction of sp³-hybridized carbons (Fsp3) is 0.133. The predicted molar refractivity (Wildman–Crippen MR) is 70.6 cm³/mol. The summed E-state index contributed by atoms with van der Waals surface area (Å²) in [6.45, 7) is 0.158. The first-order valence-electron chi connectivity index (χ1n) is 5.89. The molecule has 19 heavy (non-hydrogen) atoms. The van der Waals surface area contributed by atoms with E-state index >= 15 is 0 Å². The topological polar surface area (TPSA) is 66.8 Å². The number of benzene rings is 2. The second-order valence-corrected chi connectivity index (χ2v) is 3.94. The summed E-state index contributed by atoms with van der Waals surface area (Å²) in [7, 11) is 0. The molecule has 0 saturated carbocycles. The van der Waals surface area contributed by atoms with Crippen molar-refractivity contribution in [2.24, 2.45) is 0 Å². The van der Waals surface area contributed by atoms with Crippen molar-refractivity contribution < 1.29 is 19.7 Å². The maximum absolute atomic E-state index is 12.2.